The first kappa shape index (κ1) is 28.0. The zero-order valence-electron chi connectivity index (χ0n) is 21.7. The van der Waals surface area contributed by atoms with Crippen LogP contribution in [0.1, 0.15) is 52.0 Å². The van der Waals surface area contributed by atoms with Crippen molar-refractivity contribution in [3.05, 3.63) is 45.7 Å². The number of aliphatic imine (C=N–C) groups is 2. The highest BCUT2D eigenvalue weighted by atomic mass is 35.5. The van der Waals surface area contributed by atoms with Gasteiger partial charge in [0.25, 0.3) is 0 Å². The highest BCUT2D eigenvalue weighted by molar-refractivity contribution is 6.42. The van der Waals surface area contributed by atoms with E-state index in [0.717, 1.165) is 12.8 Å². The number of aromatic hydroxyl groups is 1. The molecule has 1 amide bonds. The predicted octanol–water partition coefficient (Wildman–Crippen LogP) is 6.97. The first-order valence-corrected chi connectivity index (χ1v) is 13.1. The van der Waals surface area contributed by atoms with Crippen molar-refractivity contribution in [2.24, 2.45) is 9.98 Å². The monoisotopic (exact) mass is 564 g/mol. The number of anilines is 1. The Balaban J connectivity index is 1.55. The molecule has 11 heteroatoms. The van der Waals surface area contributed by atoms with Crippen LogP contribution in [0.2, 0.25) is 10.0 Å². The number of ether oxygens (including phenoxy) is 2. The molecule has 38 heavy (non-hydrogen) atoms. The third-order valence-corrected chi connectivity index (χ3v) is 7.38. The fraction of sp³-hybridized carbons (Fsp3) is 0.444. The van der Waals surface area contributed by atoms with E-state index in [-0.39, 0.29) is 57.3 Å². The van der Waals surface area contributed by atoms with Crippen LogP contribution in [0.25, 0.3) is 0 Å². The molecule has 0 aromatic heterocycles. The standard InChI is InChI=1S/C27H31Cl2FN4O4/c1-27(2,3)38-26(36)34-14-6-7-15(34)11-16(10-14)37-22-12-17(20(31-4)13-21(22)35)25(32-5)33-19-9-8-18(28)23(29)24(19)30/h8-9,12-16,35H,4,6-7,10-11H2,1-3,5H3,(H,32,33)/t14-,15+,16?. The van der Waals surface area contributed by atoms with Crippen LogP contribution in [0.3, 0.4) is 0 Å². The van der Waals surface area contributed by atoms with Gasteiger partial charge in [0.05, 0.1) is 21.4 Å². The molecule has 8 nitrogen and oxygen atoms in total. The van der Waals surface area contributed by atoms with Crippen molar-refractivity contribution < 1.29 is 23.8 Å². The Morgan fingerprint density at radius 3 is 2.45 bits per heavy atom. The first-order valence-electron chi connectivity index (χ1n) is 12.3. The van der Waals surface area contributed by atoms with Crippen LogP contribution in [0.5, 0.6) is 11.5 Å². The second-order valence-corrected chi connectivity index (χ2v) is 11.2. The molecular formula is C27H31Cl2FN4O4. The summed E-state index contributed by atoms with van der Waals surface area (Å²) in [6, 6.07) is 5.92. The zero-order chi connectivity index (χ0) is 27.8. The number of halogens is 3. The maximum atomic E-state index is 14.7. The van der Waals surface area contributed by atoms with Crippen molar-refractivity contribution in [3.8, 4) is 11.5 Å². The number of benzene rings is 2. The lowest BCUT2D eigenvalue weighted by Gasteiger charge is -2.39. The van der Waals surface area contributed by atoms with Crippen molar-refractivity contribution in [2.45, 2.75) is 70.2 Å². The van der Waals surface area contributed by atoms with Gasteiger partial charge in [-0.1, -0.05) is 23.2 Å². The minimum atomic E-state index is -0.726. The molecule has 2 saturated heterocycles. The van der Waals surface area contributed by atoms with Gasteiger partial charge in [-0.3, -0.25) is 9.98 Å². The molecular weight excluding hydrogens is 534 g/mol. The molecule has 2 fully saturated rings. The lowest BCUT2D eigenvalue weighted by atomic mass is 10.00. The molecule has 2 aromatic rings. The third-order valence-electron chi connectivity index (χ3n) is 6.60. The van der Waals surface area contributed by atoms with Gasteiger partial charge in [-0.05, 0) is 58.5 Å². The van der Waals surface area contributed by atoms with Crippen molar-refractivity contribution in [1.29, 1.82) is 0 Å². The Kier molecular flexibility index (Phi) is 8.09. The van der Waals surface area contributed by atoms with Crippen LogP contribution >= 0.6 is 23.2 Å². The lowest BCUT2D eigenvalue weighted by molar-refractivity contribution is -0.00738. The smallest absolute Gasteiger partial charge is 0.410 e. The molecule has 0 spiro atoms. The summed E-state index contributed by atoms with van der Waals surface area (Å²) in [5.41, 5.74) is 0.259. The quantitative estimate of drug-likeness (QED) is 0.232. The number of phenolic OH excluding ortho intramolecular Hbond substituents is 1. The van der Waals surface area contributed by atoms with E-state index in [1.54, 1.807) is 6.07 Å². The van der Waals surface area contributed by atoms with Gasteiger partial charge in [-0.25, -0.2) is 9.18 Å². The minimum absolute atomic E-state index is 0.00334. The van der Waals surface area contributed by atoms with E-state index in [0.29, 0.717) is 24.1 Å². The second kappa shape index (κ2) is 11.0. The summed E-state index contributed by atoms with van der Waals surface area (Å²) in [6.07, 6.45) is 2.41. The number of amidine groups is 1. The second-order valence-electron chi connectivity index (χ2n) is 10.4. The topological polar surface area (TPSA) is 95.8 Å². The molecule has 204 valence electrons. The van der Waals surface area contributed by atoms with Crippen LogP contribution < -0.4 is 10.1 Å². The van der Waals surface area contributed by atoms with Crippen LogP contribution in [-0.2, 0) is 4.74 Å². The Morgan fingerprint density at radius 1 is 1.21 bits per heavy atom. The summed E-state index contributed by atoms with van der Waals surface area (Å²) in [6.45, 7) is 9.13. The maximum Gasteiger partial charge on any atom is 0.410 e. The summed E-state index contributed by atoms with van der Waals surface area (Å²) in [7, 11) is 1.53. The molecule has 2 bridgehead atoms. The van der Waals surface area contributed by atoms with E-state index in [4.69, 9.17) is 32.7 Å². The average molecular weight is 565 g/mol. The molecule has 2 aliphatic rings. The number of hydrogen-bond donors (Lipinski definition) is 2. The normalized spacial score (nSPS) is 21.3. The third kappa shape index (κ3) is 5.83. The lowest BCUT2D eigenvalue weighted by Crippen LogP contribution is -2.50. The van der Waals surface area contributed by atoms with Crippen LogP contribution in [0.4, 0.5) is 20.6 Å². The molecule has 2 N–H and O–H groups in total. The molecule has 3 atom stereocenters. The number of phenols is 1. The molecule has 4 rings (SSSR count). The summed E-state index contributed by atoms with van der Waals surface area (Å²) < 4.78 is 26.6. The van der Waals surface area contributed by atoms with E-state index in [9.17, 15) is 14.3 Å². The van der Waals surface area contributed by atoms with Crippen LogP contribution in [0, 0.1) is 5.82 Å². The molecule has 1 unspecified atom stereocenters. The van der Waals surface area contributed by atoms with Crippen LogP contribution in [-0.4, -0.2) is 59.5 Å². The number of nitrogens with zero attached hydrogens (tertiary/aromatic N) is 3. The van der Waals surface area contributed by atoms with Crippen LogP contribution in [0.15, 0.2) is 34.3 Å². The van der Waals surface area contributed by atoms with E-state index >= 15 is 0 Å². The fourth-order valence-corrected chi connectivity index (χ4v) is 5.29. The van der Waals surface area contributed by atoms with Gasteiger partial charge in [-0.2, -0.15) is 0 Å². The molecule has 2 aliphatic heterocycles. The number of rotatable bonds is 5. The van der Waals surface area contributed by atoms with E-state index in [2.05, 4.69) is 22.0 Å². The summed E-state index contributed by atoms with van der Waals surface area (Å²) in [5.74, 6) is -0.362. The van der Waals surface area contributed by atoms with Gasteiger partial charge in [0.1, 0.15) is 17.5 Å². The Bertz CT molecular complexity index is 1270. The van der Waals surface area contributed by atoms with E-state index in [1.807, 2.05) is 25.7 Å². The van der Waals surface area contributed by atoms with Gasteiger partial charge >= 0.3 is 6.09 Å². The number of carbonyl (C=O) groups excluding carboxylic acids is 1. The van der Waals surface area contributed by atoms with Gasteiger partial charge in [0, 0.05) is 43.6 Å². The van der Waals surface area contributed by atoms with Crippen molar-refractivity contribution in [1.82, 2.24) is 4.90 Å². The number of amides is 1. The molecule has 0 saturated carbocycles. The van der Waals surface area contributed by atoms with Gasteiger partial charge in [0.2, 0.25) is 0 Å². The fourth-order valence-electron chi connectivity index (χ4n) is 4.98. The number of carbonyl (C=O) groups is 1. The Morgan fingerprint density at radius 2 is 1.87 bits per heavy atom. The molecule has 0 radical (unpaired) electrons. The van der Waals surface area contributed by atoms with Crippen molar-refractivity contribution in [3.63, 3.8) is 0 Å². The van der Waals surface area contributed by atoms with Crippen molar-refractivity contribution in [2.75, 3.05) is 12.4 Å². The van der Waals surface area contributed by atoms with Crippen molar-refractivity contribution >= 4 is 53.2 Å². The Labute approximate surface area is 231 Å². The zero-order valence-corrected chi connectivity index (χ0v) is 23.2. The van der Waals surface area contributed by atoms with Gasteiger partial charge in [-0.15, -0.1) is 0 Å². The number of hydrogen-bond acceptors (Lipinski definition) is 6. The SMILES string of the molecule is C=Nc1cc(O)c(OC2C[C@H]3CC[C@@H](C2)N3C(=O)OC(C)(C)C)cc1C(=NC)Nc1ccc(Cl)c(Cl)c1F. The molecule has 2 aromatic carbocycles. The molecule has 2 heterocycles. The van der Waals surface area contributed by atoms with E-state index < -0.39 is 11.4 Å². The predicted molar refractivity (Wildman–Crippen MR) is 148 cm³/mol. The van der Waals surface area contributed by atoms with Gasteiger partial charge in [0.15, 0.2) is 17.3 Å². The highest BCUT2D eigenvalue weighted by Crippen LogP contribution is 2.41. The maximum absolute atomic E-state index is 14.7. The van der Waals surface area contributed by atoms with Gasteiger partial charge < -0.3 is 24.8 Å². The summed E-state index contributed by atoms with van der Waals surface area (Å²) in [5, 5.41) is 13.5. The number of nitrogens with one attached hydrogen (secondary N) is 1. The highest BCUT2D eigenvalue weighted by Gasteiger charge is 2.45. The largest absolute Gasteiger partial charge is 0.504 e. The summed E-state index contributed by atoms with van der Waals surface area (Å²) in [4.78, 5) is 22.8. The average Bonchev–Trinajstić information content (AvgIpc) is 3.13. The van der Waals surface area contributed by atoms with E-state index in [1.165, 1.54) is 25.2 Å². The number of piperidine rings is 1. The minimum Gasteiger partial charge on any atom is -0.504 e. The number of fused-ring (bicyclic) bond motifs is 2. The first-order chi connectivity index (χ1) is 17.9. The molecule has 0 aliphatic carbocycles. The Hall–Kier alpha value is -3.04. The summed E-state index contributed by atoms with van der Waals surface area (Å²) >= 11 is 11.9.